The fraction of sp³-hybridized carbons (Fsp3) is 0.111. The van der Waals surface area contributed by atoms with Gasteiger partial charge in [0.25, 0.3) is 5.91 Å². The summed E-state index contributed by atoms with van der Waals surface area (Å²) >= 11 is 9.78. The van der Waals surface area contributed by atoms with Crippen molar-refractivity contribution in [3.05, 3.63) is 68.3 Å². The summed E-state index contributed by atoms with van der Waals surface area (Å²) in [6.45, 7) is 4.03. The summed E-state index contributed by atoms with van der Waals surface area (Å²) in [5, 5.41) is 0. The molecule has 0 aromatic heterocycles. The van der Waals surface area contributed by atoms with E-state index in [0.717, 1.165) is 22.4 Å². The molecule has 0 aliphatic carbocycles. The molecule has 0 bridgehead atoms. The number of thioether (sulfide) groups is 1. The predicted octanol–water partition coefficient (Wildman–Crippen LogP) is 5.61. The lowest BCUT2D eigenvalue weighted by Gasteiger charge is -2.15. The second kappa shape index (κ2) is 6.78. The van der Waals surface area contributed by atoms with Crippen molar-refractivity contribution in [1.29, 1.82) is 0 Å². The number of halogens is 2. The third kappa shape index (κ3) is 3.31. The second-order valence-electron chi connectivity index (χ2n) is 5.46. The fourth-order valence-electron chi connectivity index (χ4n) is 2.31. The number of amides is 1. The van der Waals surface area contributed by atoms with E-state index in [1.807, 2.05) is 32.0 Å². The molecule has 0 N–H and O–H groups in total. The first-order valence-electron chi connectivity index (χ1n) is 7.17. The number of carbonyl (C=O) groups excluding carboxylic acids is 1. The van der Waals surface area contributed by atoms with E-state index in [0.29, 0.717) is 13.7 Å². The molecule has 1 aliphatic heterocycles. The molecule has 1 amide bonds. The van der Waals surface area contributed by atoms with Crippen LogP contribution in [0.5, 0.6) is 0 Å². The van der Waals surface area contributed by atoms with Gasteiger partial charge in [0, 0.05) is 0 Å². The smallest absolute Gasteiger partial charge is 0.268 e. The number of anilines is 1. The molecule has 0 radical (unpaired) electrons. The van der Waals surface area contributed by atoms with E-state index in [-0.39, 0.29) is 11.7 Å². The number of hydrogen-bond acceptors (Lipinski definition) is 3. The van der Waals surface area contributed by atoms with E-state index < -0.39 is 0 Å². The first-order chi connectivity index (χ1) is 11.4. The molecule has 2 aromatic rings. The number of aryl methyl sites for hydroxylation is 2. The van der Waals surface area contributed by atoms with Gasteiger partial charge in [-0.3, -0.25) is 9.69 Å². The van der Waals surface area contributed by atoms with Crippen molar-refractivity contribution >= 4 is 61.9 Å². The molecular formula is C18H13BrFNOS2. The van der Waals surface area contributed by atoms with Gasteiger partial charge in [0.05, 0.1) is 15.1 Å². The third-order valence-corrected chi connectivity index (χ3v) is 5.69. The maximum Gasteiger partial charge on any atom is 0.270 e. The van der Waals surface area contributed by atoms with Crippen LogP contribution in [0.4, 0.5) is 10.1 Å². The van der Waals surface area contributed by atoms with Crippen molar-refractivity contribution in [2.24, 2.45) is 0 Å². The minimum Gasteiger partial charge on any atom is -0.268 e. The summed E-state index contributed by atoms with van der Waals surface area (Å²) in [4.78, 5) is 14.8. The molecule has 24 heavy (non-hydrogen) atoms. The number of rotatable bonds is 2. The zero-order valence-electron chi connectivity index (χ0n) is 13.0. The van der Waals surface area contributed by atoms with E-state index in [1.165, 1.54) is 22.7 Å². The van der Waals surface area contributed by atoms with Crippen LogP contribution in [0.2, 0.25) is 0 Å². The van der Waals surface area contributed by atoms with Crippen LogP contribution in [0.25, 0.3) is 6.08 Å². The summed E-state index contributed by atoms with van der Waals surface area (Å²) in [6, 6.07) is 10.5. The Kier molecular flexibility index (Phi) is 4.90. The zero-order valence-corrected chi connectivity index (χ0v) is 16.2. The number of hydrogen-bond donors (Lipinski definition) is 0. The van der Waals surface area contributed by atoms with Gasteiger partial charge in [-0.15, -0.1) is 0 Å². The van der Waals surface area contributed by atoms with Crippen molar-refractivity contribution in [3.8, 4) is 0 Å². The molecule has 1 saturated heterocycles. The Morgan fingerprint density at radius 3 is 2.58 bits per heavy atom. The van der Waals surface area contributed by atoms with Gasteiger partial charge in [0.2, 0.25) is 0 Å². The minimum atomic E-state index is -0.338. The fourth-order valence-corrected chi connectivity index (χ4v) is 4.00. The van der Waals surface area contributed by atoms with Gasteiger partial charge < -0.3 is 0 Å². The maximum atomic E-state index is 13.3. The van der Waals surface area contributed by atoms with Crippen molar-refractivity contribution in [2.45, 2.75) is 13.8 Å². The second-order valence-corrected chi connectivity index (χ2v) is 7.99. The number of thiocarbonyl (C=S) groups is 1. The summed E-state index contributed by atoms with van der Waals surface area (Å²) < 4.78 is 14.2. The van der Waals surface area contributed by atoms with Gasteiger partial charge in [-0.2, -0.15) is 0 Å². The normalized spacial score (nSPS) is 16.3. The molecule has 3 rings (SSSR count). The standard InChI is InChI=1S/C18H13BrFNOS2/c1-10-3-5-13(7-11(10)2)21-17(22)16(24-18(21)23)9-12-4-6-15(20)14(19)8-12/h3-9H,1-2H3/b16-9+. The molecule has 122 valence electrons. The van der Waals surface area contributed by atoms with Gasteiger partial charge in [-0.25, -0.2) is 4.39 Å². The highest BCUT2D eigenvalue weighted by Gasteiger charge is 2.33. The molecule has 0 spiro atoms. The lowest BCUT2D eigenvalue weighted by molar-refractivity contribution is -0.113. The summed E-state index contributed by atoms with van der Waals surface area (Å²) in [5.74, 6) is -0.497. The first kappa shape index (κ1) is 17.3. The number of nitrogens with zero attached hydrogens (tertiary/aromatic N) is 1. The van der Waals surface area contributed by atoms with Crippen LogP contribution in [0.1, 0.15) is 16.7 Å². The molecule has 2 nitrogen and oxygen atoms in total. The highest BCUT2D eigenvalue weighted by molar-refractivity contribution is 9.10. The molecule has 0 unspecified atom stereocenters. The van der Waals surface area contributed by atoms with Crippen molar-refractivity contribution in [2.75, 3.05) is 4.90 Å². The Hall–Kier alpha value is -1.50. The average Bonchev–Trinajstić information content (AvgIpc) is 2.80. The topological polar surface area (TPSA) is 20.3 Å². The average molecular weight is 422 g/mol. The summed E-state index contributed by atoms with van der Waals surface area (Å²) in [7, 11) is 0. The van der Waals surface area contributed by atoms with Crippen LogP contribution in [-0.4, -0.2) is 10.2 Å². The summed E-state index contributed by atoms with van der Waals surface area (Å²) in [5.41, 5.74) is 3.78. The monoisotopic (exact) mass is 421 g/mol. The predicted molar refractivity (Wildman–Crippen MR) is 106 cm³/mol. The van der Waals surface area contributed by atoms with E-state index in [9.17, 15) is 9.18 Å². The lowest BCUT2D eigenvalue weighted by Crippen LogP contribution is -2.27. The Morgan fingerprint density at radius 1 is 1.17 bits per heavy atom. The molecule has 2 aromatic carbocycles. The van der Waals surface area contributed by atoms with Crippen LogP contribution in [0.3, 0.4) is 0 Å². The summed E-state index contributed by atoms with van der Waals surface area (Å²) in [6.07, 6.45) is 1.73. The molecular weight excluding hydrogens is 409 g/mol. The molecule has 0 atom stereocenters. The lowest BCUT2D eigenvalue weighted by atomic mass is 10.1. The van der Waals surface area contributed by atoms with Crippen LogP contribution < -0.4 is 4.90 Å². The quantitative estimate of drug-likeness (QED) is 0.464. The van der Waals surface area contributed by atoms with Gasteiger partial charge in [0.1, 0.15) is 5.82 Å². The zero-order chi connectivity index (χ0) is 17.4. The van der Waals surface area contributed by atoms with Crippen LogP contribution in [0.15, 0.2) is 45.8 Å². The van der Waals surface area contributed by atoms with Crippen molar-refractivity contribution in [1.82, 2.24) is 0 Å². The maximum absolute atomic E-state index is 13.3. The van der Waals surface area contributed by atoms with Crippen LogP contribution in [0, 0.1) is 19.7 Å². The highest BCUT2D eigenvalue weighted by atomic mass is 79.9. The Balaban J connectivity index is 1.94. The Labute approximate surface area is 157 Å². The van der Waals surface area contributed by atoms with Crippen molar-refractivity contribution in [3.63, 3.8) is 0 Å². The van der Waals surface area contributed by atoms with Crippen molar-refractivity contribution < 1.29 is 9.18 Å². The first-order valence-corrected chi connectivity index (χ1v) is 9.19. The molecule has 1 heterocycles. The number of benzene rings is 2. The molecule has 0 saturated carbocycles. The van der Waals surface area contributed by atoms with Crippen LogP contribution in [-0.2, 0) is 4.79 Å². The van der Waals surface area contributed by atoms with Gasteiger partial charge >= 0.3 is 0 Å². The van der Waals surface area contributed by atoms with Crippen LogP contribution >= 0.6 is 39.9 Å². The molecule has 1 aliphatic rings. The Morgan fingerprint density at radius 2 is 1.92 bits per heavy atom. The van der Waals surface area contributed by atoms with E-state index in [2.05, 4.69) is 15.9 Å². The molecule has 1 fully saturated rings. The third-order valence-electron chi connectivity index (χ3n) is 3.78. The van der Waals surface area contributed by atoms with E-state index in [4.69, 9.17) is 12.2 Å². The minimum absolute atomic E-state index is 0.159. The van der Waals surface area contributed by atoms with E-state index in [1.54, 1.807) is 18.2 Å². The largest absolute Gasteiger partial charge is 0.270 e. The molecule has 6 heteroatoms. The van der Waals surface area contributed by atoms with Gasteiger partial charge in [-0.1, -0.05) is 36.1 Å². The SMILES string of the molecule is Cc1ccc(N2C(=O)/C(=C\c3ccc(F)c(Br)c3)SC2=S)cc1C. The Bertz CT molecular complexity index is 895. The van der Waals surface area contributed by atoms with Gasteiger partial charge in [0.15, 0.2) is 4.32 Å². The van der Waals surface area contributed by atoms with E-state index >= 15 is 0 Å². The highest BCUT2D eigenvalue weighted by Crippen LogP contribution is 2.36. The van der Waals surface area contributed by atoms with Gasteiger partial charge in [-0.05, 0) is 76.8 Å². The number of carbonyl (C=O) groups is 1.